The molecule has 1 aromatic heterocycles. The maximum absolute atomic E-state index is 10.7. The van der Waals surface area contributed by atoms with Crippen LogP contribution in [0.2, 0.25) is 0 Å². The summed E-state index contributed by atoms with van der Waals surface area (Å²) in [5.41, 5.74) is 0.869. The smallest absolute Gasteiger partial charge is 0.269 e. The van der Waals surface area contributed by atoms with Gasteiger partial charge in [0.1, 0.15) is 6.07 Å². The maximum atomic E-state index is 10.7. The molecule has 2 heterocycles. The Morgan fingerprint density at radius 1 is 1.26 bits per heavy atom. The highest BCUT2D eigenvalue weighted by molar-refractivity contribution is 5.51. The van der Waals surface area contributed by atoms with Crippen LogP contribution in [0, 0.1) is 27.4 Å². The van der Waals surface area contributed by atoms with Crippen LogP contribution in [0.5, 0.6) is 0 Å². The first kappa shape index (κ1) is 15.0. The van der Waals surface area contributed by atoms with Gasteiger partial charge in [0.05, 0.1) is 10.6 Å². The fourth-order valence-electron chi connectivity index (χ4n) is 2.63. The van der Waals surface area contributed by atoms with Crippen molar-refractivity contribution in [1.29, 1.82) is 5.26 Å². The molecule has 8 nitrogen and oxygen atoms in total. The number of aromatic nitrogens is 3. The van der Waals surface area contributed by atoms with Crippen LogP contribution in [0.3, 0.4) is 0 Å². The van der Waals surface area contributed by atoms with Gasteiger partial charge < -0.3 is 4.90 Å². The van der Waals surface area contributed by atoms with Gasteiger partial charge in [-0.2, -0.15) is 5.26 Å². The Bertz CT molecular complexity index is 753. The predicted octanol–water partition coefficient (Wildman–Crippen LogP) is 2.28. The zero-order valence-electron chi connectivity index (χ0n) is 12.7. The van der Waals surface area contributed by atoms with E-state index in [2.05, 4.69) is 28.1 Å². The number of nitrogens with zero attached hydrogens (tertiary/aromatic N) is 6. The van der Waals surface area contributed by atoms with E-state index >= 15 is 0 Å². The Labute approximate surface area is 133 Å². The van der Waals surface area contributed by atoms with E-state index in [1.165, 1.54) is 16.9 Å². The first-order valence-electron chi connectivity index (χ1n) is 7.45. The third-order valence-corrected chi connectivity index (χ3v) is 4.08. The monoisotopic (exact) mass is 312 g/mol. The van der Waals surface area contributed by atoms with E-state index in [9.17, 15) is 15.4 Å². The van der Waals surface area contributed by atoms with Crippen LogP contribution in [0.25, 0.3) is 5.69 Å². The molecule has 0 unspecified atom stereocenters. The van der Waals surface area contributed by atoms with Crippen molar-refractivity contribution in [3.8, 4) is 11.8 Å². The summed E-state index contributed by atoms with van der Waals surface area (Å²) in [6, 6.07) is 8.01. The molecule has 8 heteroatoms. The number of non-ortho nitro benzene ring substituents is 1. The Balaban J connectivity index is 1.89. The highest BCUT2D eigenvalue weighted by atomic mass is 16.6. The van der Waals surface area contributed by atoms with Gasteiger partial charge in [0.2, 0.25) is 5.69 Å². The van der Waals surface area contributed by atoms with Gasteiger partial charge in [0, 0.05) is 25.2 Å². The first-order chi connectivity index (χ1) is 11.1. The highest BCUT2D eigenvalue weighted by Gasteiger charge is 2.23. The molecule has 2 aromatic rings. The lowest BCUT2D eigenvalue weighted by molar-refractivity contribution is -0.384. The molecule has 0 radical (unpaired) electrons. The topological polar surface area (TPSA) is 101 Å². The van der Waals surface area contributed by atoms with Crippen molar-refractivity contribution in [2.45, 2.75) is 19.8 Å². The number of hydrogen-bond donors (Lipinski definition) is 0. The lowest BCUT2D eigenvalue weighted by atomic mass is 9.99. The summed E-state index contributed by atoms with van der Waals surface area (Å²) in [6.07, 6.45) is 2.13. The predicted molar refractivity (Wildman–Crippen MR) is 83.3 cm³/mol. The van der Waals surface area contributed by atoms with Crippen LogP contribution in [0.4, 0.5) is 11.5 Å². The van der Waals surface area contributed by atoms with Crippen LogP contribution < -0.4 is 4.90 Å². The maximum Gasteiger partial charge on any atom is 0.269 e. The van der Waals surface area contributed by atoms with E-state index in [0.717, 1.165) is 25.9 Å². The third-order valence-electron chi connectivity index (χ3n) is 4.08. The third kappa shape index (κ3) is 2.99. The molecular weight excluding hydrogens is 296 g/mol. The van der Waals surface area contributed by atoms with E-state index in [0.29, 0.717) is 17.4 Å². The Morgan fingerprint density at radius 2 is 1.91 bits per heavy atom. The van der Waals surface area contributed by atoms with Crippen LogP contribution >= 0.6 is 0 Å². The van der Waals surface area contributed by atoms with Gasteiger partial charge in [-0.3, -0.25) is 10.1 Å². The van der Waals surface area contributed by atoms with E-state index < -0.39 is 4.92 Å². The summed E-state index contributed by atoms with van der Waals surface area (Å²) in [4.78, 5) is 13.7. The van der Waals surface area contributed by atoms with Crippen molar-refractivity contribution in [3.63, 3.8) is 0 Å². The number of nitro groups is 1. The fraction of sp³-hybridized carbons (Fsp3) is 0.400. The molecule has 0 bridgehead atoms. The summed E-state index contributed by atoms with van der Waals surface area (Å²) in [6.45, 7) is 3.93. The fourth-order valence-corrected chi connectivity index (χ4v) is 2.63. The lowest BCUT2D eigenvalue weighted by Crippen LogP contribution is -2.33. The molecule has 0 N–H and O–H groups in total. The zero-order valence-corrected chi connectivity index (χ0v) is 12.7. The van der Waals surface area contributed by atoms with Gasteiger partial charge in [-0.1, -0.05) is 6.92 Å². The lowest BCUT2D eigenvalue weighted by Gasteiger charge is -2.30. The normalized spacial score (nSPS) is 15.4. The molecule has 0 atom stereocenters. The van der Waals surface area contributed by atoms with Gasteiger partial charge in [0.25, 0.3) is 5.69 Å². The zero-order chi connectivity index (χ0) is 16.4. The molecular formula is C15H16N6O2. The second kappa shape index (κ2) is 6.04. The van der Waals surface area contributed by atoms with E-state index in [1.807, 2.05) is 0 Å². The quantitative estimate of drug-likeness (QED) is 0.636. The van der Waals surface area contributed by atoms with Crippen molar-refractivity contribution in [2.24, 2.45) is 5.92 Å². The summed E-state index contributed by atoms with van der Waals surface area (Å²) in [7, 11) is 0. The molecule has 0 spiro atoms. The van der Waals surface area contributed by atoms with Gasteiger partial charge in [-0.15, -0.1) is 15.0 Å². The minimum atomic E-state index is -0.457. The summed E-state index contributed by atoms with van der Waals surface area (Å²) >= 11 is 0. The molecule has 1 aliphatic heterocycles. The molecule has 0 amide bonds. The molecule has 3 rings (SSSR count). The minimum absolute atomic E-state index is 0.00616. The van der Waals surface area contributed by atoms with Gasteiger partial charge >= 0.3 is 0 Å². The summed E-state index contributed by atoms with van der Waals surface area (Å²) in [5, 5.41) is 28.6. The number of benzene rings is 1. The van der Waals surface area contributed by atoms with Crippen molar-refractivity contribution in [1.82, 2.24) is 15.0 Å². The second-order valence-corrected chi connectivity index (χ2v) is 5.72. The molecule has 1 fully saturated rings. The van der Waals surface area contributed by atoms with Gasteiger partial charge in [-0.25, -0.2) is 0 Å². The van der Waals surface area contributed by atoms with Crippen LogP contribution in [-0.4, -0.2) is 33.0 Å². The molecule has 118 valence electrons. The number of rotatable bonds is 3. The molecule has 1 aliphatic rings. The van der Waals surface area contributed by atoms with Crippen LogP contribution in [0.15, 0.2) is 24.3 Å². The van der Waals surface area contributed by atoms with Crippen molar-refractivity contribution in [2.75, 3.05) is 18.0 Å². The van der Waals surface area contributed by atoms with Crippen molar-refractivity contribution >= 4 is 11.5 Å². The first-order valence-corrected chi connectivity index (χ1v) is 7.45. The van der Waals surface area contributed by atoms with E-state index in [4.69, 9.17) is 0 Å². The standard InChI is InChI=1S/C15H16N6O2/c1-11-6-8-19(9-7-11)15-14(10-16)17-20(18-15)12-2-4-13(5-3-12)21(22)23/h2-5,11H,6-9H2,1H3. The number of hydrogen-bond acceptors (Lipinski definition) is 6. The average Bonchev–Trinajstić information content (AvgIpc) is 3.00. The number of piperidine rings is 1. The number of nitriles is 1. The highest BCUT2D eigenvalue weighted by Crippen LogP contribution is 2.24. The van der Waals surface area contributed by atoms with Crippen LogP contribution in [-0.2, 0) is 0 Å². The second-order valence-electron chi connectivity index (χ2n) is 5.72. The minimum Gasteiger partial charge on any atom is -0.353 e. The number of nitro benzene ring substituents is 1. The molecule has 0 aliphatic carbocycles. The molecule has 23 heavy (non-hydrogen) atoms. The SMILES string of the molecule is CC1CCN(c2nn(-c3ccc([N+](=O)[O-])cc3)nc2C#N)CC1. The van der Waals surface area contributed by atoms with Gasteiger partial charge in [0.15, 0.2) is 5.82 Å². The summed E-state index contributed by atoms with van der Waals surface area (Å²) < 4.78 is 0. The largest absolute Gasteiger partial charge is 0.353 e. The Kier molecular flexibility index (Phi) is 3.93. The van der Waals surface area contributed by atoms with Crippen LogP contribution in [0.1, 0.15) is 25.5 Å². The Morgan fingerprint density at radius 3 is 2.48 bits per heavy atom. The summed E-state index contributed by atoms with van der Waals surface area (Å²) in [5.74, 6) is 1.26. The Hall–Kier alpha value is -2.95. The van der Waals surface area contributed by atoms with Crippen molar-refractivity contribution in [3.05, 3.63) is 40.1 Å². The van der Waals surface area contributed by atoms with Gasteiger partial charge in [-0.05, 0) is 30.9 Å². The number of anilines is 1. The van der Waals surface area contributed by atoms with E-state index in [-0.39, 0.29) is 11.4 Å². The molecule has 1 aromatic carbocycles. The van der Waals surface area contributed by atoms with E-state index in [1.54, 1.807) is 12.1 Å². The van der Waals surface area contributed by atoms with Crippen molar-refractivity contribution < 1.29 is 4.92 Å². The average molecular weight is 312 g/mol. The molecule has 0 saturated carbocycles. The molecule has 1 saturated heterocycles.